The summed E-state index contributed by atoms with van der Waals surface area (Å²) in [5.74, 6) is 0.412. The van der Waals surface area contributed by atoms with E-state index in [9.17, 15) is 4.79 Å². The first kappa shape index (κ1) is 15.5. The van der Waals surface area contributed by atoms with Crippen LogP contribution in [0.15, 0.2) is 53.5 Å². The number of rotatable bonds is 4. The lowest BCUT2D eigenvalue weighted by Gasteiger charge is -2.18. The van der Waals surface area contributed by atoms with E-state index in [0.717, 1.165) is 23.4 Å². The van der Waals surface area contributed by atoms with Crippen molar-refractivity contribution in [1.29, 1.82) is 0 Å². The van der Waals surface area contributed by atoms with Crippen LogP contribution in [0.3, 0.4) is 0 Å². The van der Waals surface area contributed by atoms with E-state index in [1.807, 2.05) is 41.3 Å². The molecule has 3 rings (SSSR count). The van der Waals surface area contributed by atoms with Gasteiger partial charge in [-0.3, -0.25) is 4.79 Å². The molecule has 3 nitrogen and oxygen atoms in total. The van der Waals surface area contributed by atoms with Gasteiger partial charge in [-0.15, -0.1) is 0 Å². The van der Waals surface area contributed by atoms with Crippen molar-refractivity contribution in [1.82, 2.24) is 0 Å². The first-order valence-electron chi connectivity index (χ1n) is 8.19. The van der Waals surface area contributed by atoms with Gasteiger partial charge in [0.2, 0.25) is 0 Å². The summed E-state index contributed by atoms with van der Waals surface area (Å²) in [7, 11) is 0. The smallest absolute Gasteiger partial charge is 0.277 e. The Morgan fingerprint density at radius 3 is 2.39 bits per heavy atom. The Kier molecular flexibility index (Phi) is 4.28. The minimum absolute atomic E-state index is 0.000493. The van der Waals surface area contributed by atoms with Crippen molar-refractivity contribution in [3.05, 3.63) is 59.7 Å². The molecular weight excluding hydrogens is 284 g/mol. The largest absolute Gasteiger partial charge is 0.306 e. The third kappa shape index (κ3) is 3.04. The van der Waals surface area contributed by atoms with E-state index < -0.39 is 0 Å². The molecule has 118 valence electrons. The monoisotopic (exact) mass is 306 g/mol. The molecule has 2 aromatic rings. The van der Waals surface area contributed by atoms with Gasteiger partial charge in [-0.25, -0.2) is 4.99 Å². The van der Waals surface area contributed by atoms with E-state index in [4.69, 9.17) is 0 Å². The molecule has 1 aliphatic rings. The standard InChI is InChI=1S/C20H22N2O/c1-4-15-9-11-16(12-10-15)21-19-17-7-5-6-8-18(17)22(20(19)23)13-14(2)3/h5-12,14H,4,13H2,1-3H3. The predicted molar refractivity (Wildman–Crippen MR) is 95.7 cm³/mol. The summed E-state index contributed by atoms with van der Waals surface area (Å²) in [6, 6.07) is 16.0. The number of para-hydroxylation sites is 1. The Morgan fingerprint density at radius 1 is 1.04 bits per heavy atom. The summed E-state index contributed by atoms with van der Waals surface area (Å²) in [6.07, 6.45) is 1.00. The molecule has 0 N–H and O–H groups in total. The average molecular weight is 306 g/mol. The summed E-state index contributed by atoms with van der Waals surface area (Å²) in [5.41, 5.74) is 4.54. The van der Waals surface area contributed by atoms with Gasteiger partial charge in [0.05, 0.1) is 11.4 Å². The van der Waals surface area contributed by atoms with Crippen molar-refractivity contribution in [2.24, 2.45) is 10.9 Å². The highest BCUT2D eigenvalue weighted by Gasteiger charge is 2.33. The molecule has 3 heteroatoms. The van der Waals surface area contributed by atoms with Crippen molar-refractivity contribution in [3.63, 3.8) is 0 Å². The molecule has 0 spiro atoms. The zero-order valence-electron chi connectivity index (χ0n) is 13.9. The number of fused-ring (bicyclic) bond motifs is 1. The topological polar surface area (TPSA) is 32.7 Å². The Morgan fingerprint density at radius 2 is 1.74 bits per heavy atom. The fraction of sp³-hybridized carbons (Fsp3) is 0.300. The van der Waals surface area contributed by atoms with Gasteiger partial charge in [0, 0.05) is 12.1 Å². The Hall–Kier alpha value is -2.42. The highest BCUT2D eigenvalue weighted by atomic mass is 16.2. The maximum Gasteiger partial charge on any atom is 0.277 e. The van der Waals surface area contributed by atoms with Crippen LogP contribution in [0.4, 0.5) is 11.4 Å². The third-order valence-electron chi connectivity index (χ3n) is 4.03. The predicted octanol–water partition coefficient (Wildman–Crippen LogP) is 4.37. The molecule has 23 heavy (non-hydrogen) atoms. The van der Waals surface area contributed by atoms with Gasteiger partial charge < -0.3 is 4.90 Å². The van der Waals surface area contributed by atoms with Crippen LogP contribution in [0.2, 0.25) is 0 Å². The lowest BCUT2D eigenvalue weighted by Crippen LogP contribution is -2.33. The molecule has 0 saturated carbocycles. The van der Waals surface area contributed by atoms with Crippen LogP contribution in [-0.4, -0.2) is 18.2 Å². The van der Waals surface area contributed by atoms with Gasteiger partial charge in [0.25, 0.3) is 5.91 Å². The first-order chi connectivity index (χ1) is 11.1. The minimum atomic E-state index is -0.000493. The molecule has 1 aliphatic heterocycles. The van der Waals surface area contributed by atoms with Crippen molar-refractivity contribution >= 4 is 23.0 Å². The van der Waals surface area contributed by atoms with Crippen LogP contribution in [0.25, 0.3) is 0 Å². The van der Waals surface area contributed by atoms with Gasteiger partial charge in [-0.05, 0) is 36.1 Å². The molecule has 0 aliphatic carbocycles. The van der Waals surface area contributed by atoms with Gasteiger partial charge in [-0.2, -0.15) is 0 Å². The fourth-order valence-electron chi connectivity index (χ4n) is 2.85. The van der Waals surface area contributed by atoms with Crippen LogP contribution < -0.4 is 4.90 Å². The van der Waals surface area contributed by atoms with Gasteiger partial charge in [-0.1, -0.05) is 51.1 Å². The molecular formula is C20H22N2O. The highest BCUT2D eigenvalue weighted by Crippen LogP contribution is 2.31. The fourth-order valence-corrected chi connectivity index (χ4v) is 2.85. The van der Waals surface area contributed by atoms with Crippen molar-refractivity contribution < 1.29 is 4.79 Å². The summed E-state index contributed by atoms with van der Waals surface area (Å²) in [5, 5.41) is 0. The molecule has 0 atom stereocenters. The number of hydrogen-bond acceptors (Lipinski definition) is 2. The summed E-state index contributed by atoms with van der Waals surface area (Å²) >= 11 is 0. The van der Waals surface area contributed by atoms with E-state index in [1.54, 1.807) is 0 Å². The molecule has 0 unspecified atom stereocenters. The number of benzene rings is 2. The zero-order chi connectivity index (χ0) is 16.4. The van der Waals surface area contributed by atoms with Gasteiger partial charge in [0.1, 0.15) is 5.71 Å². The Bertz CT molecular complexity index is 744. The lowest BCUT2D eigenvalue weighted by atomic mass is 10.1. The molecule has 0 aromatic heterocycles. The van der Waals surface area contributed by atoms with E-state index in [2.05, 4.69) is 37.9 Å². The maximum atomic E-state index is 12.8. The average Bonchev–Trinajstić information content (AvgIpc) is 2.81. The van der Waals surface area contributed by atoms with E-state index in [0.29, 0.717) is 18.2 Å². The summed E-state index contributed by atoms with van der Waals surface area (Å²) < 4.78 is 0. The molecule has 0 saturated heterocycles. The molecule has 0 bridgehead atoms. The number of carbonyl (C=O) groups is 1. The summed E-state index contributed by atoms with van der Waals surface area (Å²) in [4.78, 5) is 19.3. The number of carbonyl (C=O) groups excluding carboxylic acids is 1. The number of nitrogens with zero attached hydrogens (tertiary/aromatic N) is 2. The second-order valence-corrected chi connectivity index (χ2v) is 6.31. The minimum Gasteiger partial charge on any atom is -0.306 e. The molecule has 2 aromatic carbocycles. The van der Waals surface area contributed by atoms with Gasteiger partial charge >= 0.3 is 0 Å². The highest BCUT2D eigenvalue weighted by molar-refractivity contribution is 6.54. The molecule has 1 heterocycles. The Balaban J connectivity index is 2.01. The SMILES string of the molecule is CCc1ccc(N=C2C(=O)N(CC(C)C)c3ccccc32)cc1. The van der Waals surface area contributed by atoms with Gasteiger partial charge in [0.15, 0.2) is 0 Å². The second-order valence-electron chi connectivity index (χ2n) is 6.31. The first-order valence-corrected chi connectivity index (χ1v) is 8.19. The molecule has 0 radical (unpaired) electrons. The molecule has 1 amide bonds. The zero-order valence-corrected chi connectivity index (χ0v) is 13.9. The quantitative estimate of drug-likeness (QED) is 0.825. The number of amides is 1. The normalized spacial score (nSPS) is 15.6. The maximum absolute atomic E-state index is 12.8. The van der Waals surface area contributed by atoms with Crippen LogP contribution in [0, 0.1) is 5.92 Å². The van der Waals surface area contributed by atoms with Crippen LogP contribution >= 0.6 is 0 Å². The number of anilines is 1. The Labute approximate surface area is 137 Å². The van der Waals surface area contributed by atoms with Crippen molar-refractivity contribution in [2.45, 2.75) is 27.2 Å². The van der Waals surface area contributed by atoms with Crippen LogP contribution in [-0.2, 0) is 11.2 Å². The third-order valence-corrected chi connectivity index (χ3v) is 4.03. The van der Waals surface area contributed by atoms with Crippen molar-refractivity contribution in [2.75, 3.05) is 11.4 Å². The lowest BCUT2D eigenvalue weighted by molar-refractivity contribution is -0.112. The summed E-state index contributed by atoms with van der Waals surface area (Å²) in [6.45, 7) is 7.08. The molecule has 0 fully saturated rings. The number of aryl methyl sites for hydroxylation is 1. The van der Waals surface area contributed by atoms with Crippen LogP contribution in [0.1, 0.15) is 31.9 Å². The second kappa shape index (κ2) is 6.37. The van der Waals surface area contributed by atoms with E-state index >= 15 is 0 Å². The number of hydrogen-bond donors (Lipinski definition) is 0. The van der Waals surface area contributed by atoms with E-state index in [1.165, 1.54) is 5.56 Å². The van der Waals surface area contributed by atoms with Crippen LogP contribution in [0.5, 0.6) is 0 Å². The van der Waals surface area contributed by atoms with Crippen molar-refractivity contribution in [3.8, 4) is 0 Å². The number of aliphatic imine (C=N–C) groups is 1. The van der Waals surface area contributed by atoms with E-state index in [-0.39, 0.29) is 5.91 Å².